The molecule has 53 heavy (non-hydrogen) atoms. The van der Waals surface area contributed by atoms with E-state index in [2.05, 4.69) is 51.3 Å². The molecule has 5 aliphatic rings. The lowest BCUT2D eigenvalue weighted by Gasteiger charge is -2.46. The summed E-state index contributed by atoms with van der Waals surface area (Å²) in [6.07, 6.45) is 12.7. The van der Waals surface area contributed by atoms with Gasteiger partial charge in [-0.25, -0.2) is 4.21 Å². The molecule has 8 rings (SSSR count). The number of allylic oxidation sites excluding steroid dienone is 1. The highest BCUT2D eigenvalue weighted by Crippen LogP contribution is 2.47. The Kier molecular flexibility index (Phi) is 10.0. The van der Waals surface area contributed by atoms with Gasteiger partial charge in [-0.1, -0.05) is 49.3 Å². The number of ether oxygens (including phenoxy) is 3. The van der Waals surface area contributed by atoms with Gasteiger partial charge in [0, 0.05) is 49.6 Å². The molecule has 4 heterocycles. The van der Waals surface area contributed by atoms with E-state index in [1.807, 2.05) is 23.6 Å². The molecule has 282 valence electrons. The highest BCUT2D eigenvalue weighted by Gasteiger charge is 2.44. The van der Waals surface area contributed by atoms with E-state index in [1.165, 1.54) is 16.7 Å². The predicted octanol–water partition coefficient (Wildman–Crippen LogP) is 6.78. The number of hydrogen-bond acceptors (Lipinski definition) is 7. The van der Waals surface area contributed by atoms with Crippen molar-refractivity contribution in [3.8, 4) is 5.75 Å². The summed E-state index contributed by atoms with van der Waals surface area (Å²) in [7, 11) is -1.74. The molecule has 3 aromatic rings. The summed E-state index contributed by atoms with van der Waals surface area (Å²) in [5, 5.41) is 0. The van der Waals surface area contributed by atoms with Crippen molar-refractivity contribution in [3.05, 3.63) is 94.3 Å². The second kappa shape index (κ2) is 14.7. The number of amides is 2. The molecule has 1 N–H and O–H groups in total. The maximum atomic E-state index is 14.8. The van der Waals surface area contributed by atoms with Crippen LogP contribution in [-0.4, -0.2) is 65.9 Å². The molecule has 1 aromatic heterocycles. The summed E-state index contributed by atoms with van der Waals surface area (Å²) in [5.74, 6) is 0.344. The van der Waals surface area contributed by atoms with E-state index in [9.17, 15) is 13.8 Å². The largest absolute Gasteiger partial charge is 0.490 e. The molecule has 1 fully saturated rings. The molecule has 6 atom stereocenters. The van der Waals surface area contributed by atoms with Gasteiger partial charge in [-0.3, -0.25) is 14.3 Å². The summed E-state index contributed by atoms with van der Waals surface area (Å²) in [5.41, 5.74) is 6.27. The monoisotopic (exact) mass is 740 g/mol. The van der Waals surface area contributed by atoms with Crippen molar-refractivity contribution in [1.29, 1.82) is 0 Å². The Morgan fingerprint density at radius 2 is 2.06 bits per heavy atom. The second-order valence-corrected chi connectivity index (χ2v) is 17.9. The predicted molar refractivity (Wildman–Crippen MR) is 206 cm³/mol. The van der Waals surface area contributed by atoms with Crippen LogP contribution in [0, 0.1) is 24.7 Å². The Morgan fingerprint density at radius 3 is 2.85 bits per heavy atom. The van der Waals surface area contributed by atoms with Crippen LogP contribution >= 0.6 is 0 Å². The molecule has 0 saturated heterocycles. The van der Waals surface area contributed by atoms with Crippen LogP contribution in [0.4, 0.5) is 5.69 Å². The summed E-state index contributed by atoms with van der Waals surface area (Å²) in [6, 6.07) is 14.1. The Balaban J connectivity index is 1.19. The molecule has 1 unspecified atom stereocenters. The smallest absolute Gasteiger partial charge is 0.286 e. The Morgan fingerprint density at radius 1 is 1.17 bits per heavy atom. The minimum absolute atomic E-state index is 0.0410. The first kappa shape index (κ1) is 36.1. The Bertz CT molecular complexity index is 2020. The molecular weight excluding hydrogens is 689 g/mol. The van der Waals surface area contributed by atoms with Gasteiger partial charge in [0.1, 0.15) is 15.7 Å². The fraction of sp³-hybridized carbons (Fsp3) is 0.524. The molecule has 1 spiro atoms. The third-order valence-electron chi connectivity index (χ3n) is 12.4. The van der Waals surface area contributed by atoms with Crippen LogP contribution in [0.1, 0.15) is 88.5 Å². The molecule has 1 saturated carbocycles. The molecule has 3 aliphatic heterocycles. The highest BCUT2D eigenvalue weighted by atomic mass is 32.2. The number of carbonyl (C=O) groups is 2. The number of hydrogen-bond donors (Lipinski definition) is 1. The number of anilines is 1. The average molecular weight is 741 g/mol. The normalized spacial score (nSPS) is 30.4. The third kappa shape index (κ3) is 7.20. The van der Waals surface area contributed by atoms with E-state index in [0.717, 1.165) is 62.3 Å². The number of nitrogens with one attached hydrogen (secondary N) is 1. The minimum atomic E-state index is -3.53. The van der Waals surface area contributed by atoms with Crippen molar-refractivity contribution >= 4 is 27.4 Å². The standard InChI is InChI=1S/C42H52N4O6S/c1-4-29-7-5-9-38(50-3)35-13-11-32(35)22-46-26-42(16-6-8-30-19-28(2)10-14-36(30)42)27-52-39-15-12-31(21-37(39)46)40(47)43-53(49,25-29)44-41(48)33-20-34-24-51-18-17-45(34)23-33/h5,9-10,12,14-15,19-21,23,29,32,35,38H,4,6-8,11,13,16-18,22,24-27H2,1-3H3,(H,43,44,47,48,49)/b9-5+/t29-,32-,35+,38-,42-,53?/m0/s1. The van der Waals surface area contributed by atoms with Gasteiger partial charge in [-0.05, 0) is 98.6 Å². The van der Waals surface area contributed by atoms with Gasteiger partial charge in [-0.2, -0.15) is 0 Å². The van der Waals surface area contributed by atoms with Crippen molar-refractivity contribution in [2.45, 2.75) is 83.5 Å². The van der Waals surface area contributed by atoms with Crippen LogP contribution in [0.25, 0.3) is 0 Å². The maximum Gasteiger partial charge on any atom is 0.286 e. The molecular formula is C42H52N4O6S. The Hall–Kier alpha value is -3.93. The van der Waals surface area contributed by atoms with Crippen LogP contribution in [0.2, 0.25) is 0 Å². The summed E-state index contributed by atoms with van der Waals surface area (Å²) in [6.45, 7) is 7.93. The lowest BCUT2D eigenvalue weighted by Crippen LogP contribution is -2.49. The number of methoxy groups -OCH3 is 1. The number of carbonyl (C=O) groups excluding carboxylic acids is 2. The zero-order valence-corrected chi connectivity index (χ0v) is 32.0. The second-order valence-electron chi connectivity index (χ2n) is 15.9. The first-order valence-electron chi connectivity index (χ1n) is 19.4. The zero-order valence-electron chi connectivity index (χ0n) is 31.2. The maximum absolute atomic E-state index is 14.8. The summed E-state index contributed by atoms with van der Waals surface area (Å²) >= 11 is 0. The van der Waals surface area contributed by atoms with Crippen molar-refractivity contribution in [2.24, 2.45) is 22.1 Å². The Labute approximate surface area is 313 Å². The number of rotatable bonds is 4. The number of benzene rings is 2. The molecule has 11 heteroatoms. The van der Waals surface area contributed by atoms with Crippen LogP contribution in [0.15, 0.2) is 65.2 Å². The summed E-state index contributed by atoms with van der Waals surface area (Å²) < 4.78 is 42.3. The lowest BCUT2D eigenvalue weighted by atomic mass is 9.68. The van der Waals surface area contributed by atoms with E-state index < -0.39 is 21.7 Å². The highest BCUT2D eigenvalue weighted by molar-refractivity contribution is 7.92. The van der Waals surface area contributed by atoms with E-state index in [-0.39, 0.29) is 23.2 Å². The van der Waals surface area contributed by atoms with E-state index in [0.29, 0.717) is 62.2 Å². The van der Waals surface area contributed by atoms with E-state index >= 15 is 0 Å². The van der Waals surface area contributed by atoms with Crippen molar-refractivity contribution in [2.75, 3.05) is 44.1 Å². The molecule has 2 amide bonds. The van der Waals surface area contributed by atoms with E-state index in [1.54, 1.807) is 25.4 Å². The number of nitrogens with zero attached hydrogens (tertiary/aromatic N) is 3. The van der Waals surface area contributed by atoms with Crippen LogP contribution in [0.3, 0.4) is 0 Å². The molecule has 2 bridgehead atoms. The fourth-order valence-electron chi connectivity index (χ4n) is 9.26. The lowest BCUT2D eigenvalue weighted by molar-refractivity contribution is 0.0131. The van der Waals surface area contributed by atoms with Crippen molar-refractivity contribution in [1.82, 2.24) is 9.29 Å². The first-order valence-corrected chi connectivity index (χ1v) is 21.0. The van der Waals surface area contributed by atoms with Gasteiger partial charge in [0.25, 0.3) is 11.8 Å². The molecule has 2 aromatic carbocycles. The van der Waals surface area contributed by atoms with Crippen LogP contribution < -0.4 is 14.4 Å². The minimum Gasteiger partial charge on any atom is -0.490 e. The number of fused-ring (bicyclic) bond motifs is 5. The van der Waals surface area contributed by atoms with Gasteiger partial charge in [0.05, 0.1) is 42.9 Å². The zero-order chi connectivity index (χ0) is 36.7. The van der Waals surface area contributed by atoms with Crippen LogP contribution in [-0.2, 0) is 44.4 Å². The number of aromatic nitrogens is 1. The van der Waals surface area contributed by atoms with Crippen molar-refractivity contribution in [3.63, 3.8) is 0 Å². The van der Waals surface area contributed by atoms with Gasteiger partial charge >= 0.3 is 0 Å². The number of aryl methyl sites for hydroxylation is 2. The molecule has 10 nitrogen and oxygen atoms in total. The van der Waals surface area contributed by atoms with Gasteiger partial charge in [0.2, 0.25) is 0 Å². The first-order chi connectivity index (χ1) is 25.7. The average Bonchev–Trinajstić information content (AvgIpc) is 3.52. The summed E-state index contributed by atoms with van der Waals surface area (Å²) in [4.78, 5) is 30.3. The van der Waals surface area contributed by atoms with Gasteiger partial charge in [0.15, 0.2) is 0 Å². The SMILES string of the molecule is CC[C@H]1C/C=C/[C@H](OC)[C@@H]2CC[C@H]2CN2C[C@@]3(CCCc4cc(C)ccc43)COc3ccc(cc32)C(=O)N=S(=O)(NC(=O)c2cc3n(c2)CCOC3)C1. The fourth-order valence-corrected chi connectivity index (χ4v) is 11.3. The van der Waals surface area contributed by atoms with Crippen LogP contribution in [0.5, 0.6) is 5.75 Å². The molecule has 0 radical (unpaired) electrons. The topological polar surface area (TPSA) is 111 Å². The van der Waals surface area contributed by atoms with Gasteiger partial charge < -0.3 is 23.7 Å². The third-order valence-corrected chi connectivity index (χ3v) is 14.3. The van der Waals surface area contributed by atoms with Gasteiger partial charge in [-0.15, -0.1) is 4.36 Å². The van der Waals surface area contributed by atoms with Crippen molar-refractivity contribution < 1.29 is 28.0 Å². The van der Waals surface area contributed by atoms with E-state index in [4.69, 9.17) is 14.2 Å². The quantitative estimate of drug-likeness (QED) is 0.294. The molecule has 2 aliphatic carbocycles.